The van der Waals surface area contributed by atoms with Gasteiger partial charge in [-0.1, -0.05) is 25.3 Å². The van der Waals surface area contributed by atoms with E-state index in [-0.39, 0.29) is 31.8 Å². The van der Waals surface area contributed by atoms with Crippen LogP contribution in [0.3, 0.4) is 0 Å². The first-order valence-corrected chi connectivity index (χ1v) is 8.96. The molecule has 1 aromatic heterocycles. The minimum absolute atomic E-state index is 0.0283. The molecule has 2 rings (SSSR count). The van der Waals surface area contributed by atoms with Gasteiger partial charge >= 0.3 is 12.2 Å². The zero-order valence-corrected chi connectivity index (χ0v) is 15.3. The molecule has 1 saturated heterocycles. The SMILES string of the molecule is C=CCOC(=O)OC[C@@H]1C[C@H](c2csc(=S)[nH]2)CN1C(=O)OCC=C. The van der Waals surface area contributed by atoms with Crippen molar-refractivity contribution in [1.29, 1.82) is 0 Å². The number of likely N-dealkylation sites (tertiary alicyclic amines) is 1. The molecule has 1 fully saturated rings. The first kappa shape index (κ1) is 19.2. The van der Waals surface area contributed by atoms with Gasteiger partial charge in [0, 0.05) is 23.5 Å². The summed E-state index contributed by atoms with van der Waals surface area (Å²) in [5, 5.41) is 1.95. The summed E-state index contributed by atoms with van der Waals surface area (Å²) >= 11 is 6.55. The minimum Gasteiger partial charge on any atom is -0.445 e. The second-order valence-electron chi connectivity index (χ2n) is 5.37. The van der Waals surface area contributed by atoms with Gasteiger partial charge in [-0.25, -0.2) is 9.59 Å². The number of carbonyl (C=O) groups excluding carboxylic acids is 2. The average Bonchev–Trinajstić information content (AvgIpc) is 3.22. The lowest BCUT2D eigenvalue weighted by atomic mass is 10.0. The second-order valence-corrected chi connectivity index (χ2v) is 6.91. The smallest absolute Gasteiger partial charge is 0.445 e. The van der Waals surface area contributed by atoms with Crippen LogP contribution in [-0.2, 0) is 14.2 Å². The highest BCUT2D eigenvalue weighted by atomic mass is 32.1. The second kappa shape index (κ2) is 9.38. The molecule has 136 valence electrons. The minimum atomic E-state index is -0.794. The molecule has 1 N–H and O–H groups in total. The van der Waals surface area contributed by atoms with Gasteiger partial charge in [-0.15, -0.1) is 11.3 Å². The summed E-state index contributed by atoms with van der Waals surface area (Å²) in [7, 11) is 0. The van der Waals surface area contributed by atoms with Crippen LogP contribution >= 0.6 is 23.6 Å². The van der Waals surface area contributed by atoms with Crippen molar-refractivity contribution in [2.24, 2.45) is 0 Å². The summed E-state index contributed by atoms with van der Waals surface area (Å²) in [5.41, 5.74) is 0.966. The predicted molar refractivity (Wildman–Crippen MR) is 96.4 cm³/mol. The van der Waals surface area contributed by atoms with Gasteiger partial charge in [-0.3, -0.25) is 0 Å². The van der Waals surface area contributed by atoms with Crippen molar-refractivity contribution in [1.82, 2.24) is 9.88 Å². The fourth-order valence-electron chi connectivity index (χ4n) is 2.56. The fourth-order valence-corrected chi connectivity index (χ4v) is 3.49. The third-order valence-corrected chi connectivity index (χ3v) is 4.74. The van der Waals surface area contributed by atoms with E-state index in [9.17, 15) is 9.59 Å². The molecule has 1 amide bonds. The largest absolute Gasteiger partial charge is 0.508 e. The molecule has 0 spiro atoms. The number of rotatable bonds is 7. The number of H-pyrrole nitrogens is 1. The van der Waals surface area contributed by atoms with E-state index in [1.165, 1.54) is 23.5 Å². The maximum absolute atomic E-state index is 12.3. The molecular weight excluding hydrogens is 364 g/mol. The van der Waals surface area contributed by atoms with Crippen molar-refractivity contribution in [3.05, 3.63) is 40.3 Å². The quantitative estimate of drug-likeness (QED) is 0.439. The Morgan fingerprint density at radius 3 is 2.68 bits per heavy atom. The van der Waals surface area contributed by atoms with Crippen LogP contribution in [0.25, 0.3) is 0 Å². The lowest BCUT2D eigenvalue weighted by Gasteiger charge is -2.23. The number of thiazole rings is 1. The zero-order valence-electron chi connectivity index (χ0n) is 13.6. The van der Waals surface area contributed by atoms with Crippen LogP contribution in [0, 0.1) is 3.95 Å². The molecule has 1 aliphatic rings. The summed E-state index contributed by atoms with van der Waals surface area (Å²) in [6, 6.07) is -0.305. The molecular formula is C16H20N2O5S2. The van der Waals surface area contributed by atoms with Crippen LogP contribution in [0.4, 0.5) is 9.59 Å². The van der Waals surface area contributed by atoms with E-state index in [1.54, 1.807) is 4.90 Å². The van der Waals surface area contributed by atoms with Crippen molar-refractivity contribution < 1.29 is 23.8 Å². The maximum atomic E-state index is 12.3. The van der Waals surface area contributed by atoms with E-state index < -0.39 is 12.2 Å². The topological polar surface area (TPSA) is 80.9 Å². The van der Waals surface area contributed by atoms with Gasteiger partial charge in [0.1, 0.15) is 19.8 Å². The molecule has 0 saturated carbocycles. The highest BCUT2D eigenvalue weighted by Gasteiger charge is 2.38. The van der Waals surface area contributed by atoms with Crippen LogP contribution in [0.5, 0.6) is 0 Å². The number of hydrogen-bond acceptors (Lipinski definition) is 7. The highest BCUT2D eigenvalue weighted by Crippen LogP contribution is 2.32. The Bertz CT molecular complexity index is 684. The van der Waals surface area contributed by atoms with E-state index in [2.05, 4.69) is 18.1 Å². The normalized spacial score (nSPS) is 19.3. The number of aromatic amines is 1. The van der Waals surface area contributed by atoms with E-state index >= 15 is 0 Å². The van der Waals surface area contributed by atoms with Gasteiger partial charge in [0.15, 0.2) is 3.95 Å². The first-order chi connectivity index (χ1) is 12.0. The van der Waals surface area contributed by atoms with Gasteiger partial charge in [-0.2, -0.15) is 0 Å². The van der Waals surface area contributed by atoms with Crippen molar-refractivity contribution in [3.8, 4) is 0 Å². The molecule has 1 aromatic rings. The number of ether oxygens (including phenoxy) is 3. The molecule has 25 heavy (non-hydrogen) atoms. The number of carbonyl (C=O) groups is 2. The molecule has 9 heteroatoms. The van der Waals surface area contributed by atoms with Crippen molar-refractivity contribution in [2.75, 3.05) is 26.4 Å². The van der Waals surface area contributed by atoms with Gasteiger partial charge in [0.2, 0.25) is 0 Å². The monoisotopic (exact) mass is 384 g/mol. The van der Waals surface area contributed by atoms with Gasteiger partial charge in [0.25, 0.3) is 0 Å². The van der Waals surface area contributed by atoms with E-state index in [0.29, 0.717) is 16.9 Å². The van der Waals surface area contributed by atoms with Crippen molar-refractivity contribution in [3.63, 3.8) is 0 Å². The van der Waals surface area contributed by atoms with Gasteiger partial charge < -0.3 is 24.1 Å². The molecule has 2 heterocycles. The van der Waals surface area contributed by atoms with Crippen LogP contribution in [-0.4, -0.2) is 54.5 Å². The molecule has 1 aliphatic heterocycles. The van der Waals surface area contributed by atoms with E-state index in [1.807, 2.05) is 5.38 Å². The van der Waals surface area contributed by atoms with E-state index in [0.717, 1.165) is 5.69 Å². The Hall–Kier alpha value is -2.13. The number of nitrogens with one attached hydrogen (secondary N) is 1. The maximum Gasteiger partial charge on any atom is 0.508 e. The zero-order chi connectivity index (χ0) is 18.2. The summed E-state index contributed by atoms with van der Waals surface area (Å²) in [6.45, 7) is 7.66. The number of hydrogen-bond donors (Lipinski definition) is 1. The van der Waals surface area contributed by atoms with Crippen LogP contribution in [0.1, 0.15) is 18.0 Å². The molecule has 0 unspecified atom stereocenters. The third-order valence-electron chi connectivity index (χ3n) is 3.67. The number of nitrogens with zero attached hydrogens (tertiary/aromatic N) is 1. The van der Waals surface area contributed by atoms with E-state index in [4.69, 9.17) is 26.4 Å². The number of amides is 1. The predicted octanol–water partition coefficient (Wildman–Crippen LogP) is 3.63. The van der Waals surface area contributed by atoms with Crippen molar-refractivity contribution >= 4 is 35.8 Å². The Kier molecular flexibility index (Phi) is 7.20. The summed E-state index contributed by atoms with van der Waals surface area (Å²) in [5.74, 6) is 0.0713. The molecule has 0 bridgehead atoms. The lowest BCUT2D eigenvalue weighted by molar-refractivity contribution is 0.0404. The Morgan fingerprint density at radius 1 is 1.32 bits per heavy atom. The Morgan fingerprint density at radius 2 is 2.04 bits per heavy atom. The summed E-state index contributed by atoms with van der Waals surface area (Å²) < 4.78 is 15.7. The van der Waals surface area contributed by atoms with Gasteiger partial charge in [-0.05, 0) is 18.6 Å². The highest BCUT2D eigenvalue weighted by molar-refractivity contribution is 7.73. The molecule has 2 atom stereocenters. The molecule has 0 aromatic carbocycles. The van der Waals surface area contributed by atoms with Crippen LogP contribution in [0.2, 0.25) is 0 Å². The van der Waals surface area contributed by atoms with Crippen LogP contribution in [0.15, 0.2) is 30.7 Å². The summed E-state index contributed by atoms with van der Waals surface area (Å²) in [6.07, 6.45) is 2.31. The lowest BCUT2D eigenvalue weighted by Crippen LogP contribution is -2.39. The Balaban J connectivity index is 2.02. The third kappa shape index (κ3) is 5.43. The summed E-state index contributed by atoms with van der Waals surface area (Å²) in [4.78, 5) is 28.4. The molecule has 0 aliphatic carbocycles. The van der Waals surface area contributed by atoms with Crippen LogP contribution < -0.4 is 0 Å². The standard InChI is InChI=1S/C16H20N2O5S2/c1-3-5-21-15(19)18-8-11(13-10-25-14(24)17-13)7-12(18)9-23-16(20)22-6-4-2/h3-4,10-12H,1-2,5-9H2,(H,17,24)/t11-,12-/m0/s1. The fraction of sp³-hybridized carbons (Fsp3) is 0.438. The molecule has 7 nitrogen and oxygen atoms in total. The van der Waals surface area contributed by atoms with Gasteiger partial charge in [0.05, 0.1) is 6.04 Å². The first-order valence-electron chi connectivity index (χ1n) is 7.67. The van der Waals surface area contributed by atoms with Crippen molar-refractivity contribution in [2.45, 2.75) is 18.4 Å². The average molecular weight is 384 g/mol. The Labute approximate surface area is 154 Å². The molecule has 0 radical (unpaired) electrons. The number of aromatic nitrogens is 1.